The van der Waals surface area contributed by atoms with Crippen LogP contribution in [0.1, 0.15) is 35.8 Å². The lowest BCUT2D eigenvalue weighted by atomic mass is 9.97. The molecule has 0 fully saturated rings. The summed E-state index contributed by atoms with van der Waals surface area (Å²) in [7, 11) is 1.66. The molecule has 0 amide bonds. The van der Waals surface area contributed by atoms with Gasteiger partial charge in [-0.05, 0) is 73.2 Å². The van der Waals surface area contributed by atoms with Crippen molar-refractivity contribution in [3.8, 4) is 17.2 Å². The van der Waals surface area contributed by atoms with E-state index >= 15 is 0 Å². The van der Waals surface area contributed by atoms with Crippen LogP contribution in [0.5, 0.6) is 17.2 Å². The Balaban J connectivity index is 1.75. The number of ether oxygens (including phenoxy) is 2. The molecule has 0 bridgehead atoms. The highest BCUT2D eigenvalue weighted by molar-refractivity contribution is 9.10. The minimum Gasteiger partial charge on any atom is -0.504 e. The van der Waals surface area contributed by atoms with Gasteiger partial charge in [0.1, 0.15) is 11.8 Å². The molecule has 3 aromatic rings. The highest BCUT2D eigenvalue weighted by Crippen LogP contribution is 2.35. The topological polar surface area (TPSA) is 67.3 Å². The molecule has 3 aromatic carbocycles. The van der Waals surface area contributed by atoms with Gasteiger partial charge < -0.3 is 25.2 Å². The van der Waals surface area contributed by atoms with Crippen molar-refractivity contribution >= 4 is 21.6 Å². The van der Waals surface area contributed by atoms with Crippen molar-refractivity contribution in [2.24, 2.45) is 0 Å². The van der Waals surface area contributed by atoms with Crippen LogP contribution in [0.2, 0.25) is 0 Å². The Kier molecular flexibility index (Phi) is 6.49. The molecule has 1 heterocycles. The SMILES string of the molecule is CCOc1cccc(C2C=C(c3ccc(OC)cc3)NC(c3ccc(Br)cc3)[NH2+]2)c1O. The van der Waals surface area contributed by atoms with E-state index in [1.807, 2.05) is 55.5 Å². The molecule has 0 aliphatic carbocycles. The van der Waals surface area contributed by atoms with E-state index in [1.54, 1.807) is 13.2 Å². The third kappa shape index (κ3) is 4.70. The van der Waals surface area contributed by atoms with E-state index in [-0.39, 0.29) is 18.0 Å². The second kappa shape index (κ2) is 9.45. The van der Waals surface area contributed by atoms with Crippen molar-refractivity contribution in [1.29, 1.82) is 0 Å². The van der Waals surface area contributed by atoms with Gasteiger partial charge in [0, 0.05) is 21.8 Å². The predicted octanol–water partition coefficient (Wildman–Crippen LogP) is 4.51. The smallest absolute Gasteiger partial charge is 0.186 e. The second-order valence-electron chi connectivity index (χ2n) is 7.33. The van der Waals surface area contributed by atoms with Gasteiger partial charge in [0.25, 0.3) is 0 Å². The zero-order chi connectivity index (χ0) is 21.8. The maximum Gasteiger partial charge on any atom is 0.186 e. The zero-order valence-electron chi connectivity index (χ0n) is 17.5. The monoisotopic (exact) mass is 481 g/mol. The van der Waals surface area contributed by atoms with Crippen molar-refractivity contribution in [3.05, 3.63) is 94.0 Å². The fraction of sp³-hybridized carbons (Fsp3) is 0.200. The summed E-state index contributed by atoms with van der Waals surface area (Å²) in [4.78, 5) is 0. The summed E-state index contributed by atoms with van der Waals surface area (Å²) in [5.74, 6) is 1.51. The first kappa shape index (κ1) is 21.3. The molecule has 6 heteroatoms. The summed E-state index contributed by atoms with van der Waals surface area (Å²) in [6.07, 6.45) is 2.12. The summed E-state index contributed by atoms with van der Waals surface area (Å²) in [6.45, 7) is 2.41. The minimum absolute atomic E-state index is 0.0182. The third-order valence-corrected chi connectivity index (χ3v) is 5.90. The van der Waals surface area contributed by atoms with Crippen molar-refractivity contribution in [3.63, 3.8) is 0 Å². The number of quaternary nitrogens is 1. The Bertz CT molecular complexity index is 1070. The molecule has 2 atom stereocenters. The highest BCUT2D eigenvalue weighted by atomic mass is 79.9. The molecule has 0 saturated carbocycles. The molecule has 0 spiro atoms. The van der Waals surface area contributed by atoms with Gasteiger partial charge in [-0.1, -0.05) is 22.0 Å². The van der Waals surface area contributed by atoms with Crippen LogP contribution in [0.15, 0.2) is 77.3 Å². The predicted molar refractivity (Wildman–Crippen MR) is 125 cm³/mol. The van der Waals surface area contributed by atoms with E-state index < -0.39 is 0 Å². The van der Waals surface area contributed by atoms with Crippen LogP contribution in [-0.4, -0.2) is 18.8 Å². The first-order valence-electron chi connectivity index (χ1n) is 10.3. The van der Waals surface area contributed by atoms with E-state index in [9.17, 15) is 5.11 Å². The van der Waals surface area contributed by atoms with Crippen molar-refractivity contribution in [2.45, 2.75) is 19.1 Å². The number of rotatable bonds is 6. The maximum absolute atomic E-state index is 10.9. The first-order valence-corrected chi connectivity index (χ1v) is 11.1. The molecule has 0 aromatic heterocycles. The Morgan fingerprint density at radius 1 is 1.03 bits per heavy atom. The Morgan fingerprint density at radius 3 is 2.45 bits per heavy atom. The summed E-state index contributed by atoms with van der Waals surface area (Å²) >= 11 is 3.51. The quantitative estimate of drug-likeness (QED) is 0.484. The number of halogens is 1. The number of phenols is 1. The number of hydrogen-bond donors (Lipinski definition) is 3. The molecule has 4 rings (SSSR count). The summed E-state index contributed by atoms with van der Waals surface area (Å²) in [5, 5.41) is 16.7. The van der Waals surface area contributed by atoms with E-state index in [2.05, 4.69) is 44.8 Å². The highest BCUT2D eigenvalue weighted by Gasteiger charge is 2.30. The number of aromatic hydroxyl groups is 1. The number of nitrogens with one attached hydrogen (secondary N) is 1. The first-order chi connectivity index (χ1) is 15.1. The normalized spacial score (nSPS) is 18.1. The summed E-state index contributed by atoms with van der Waals surface area (Å²) in [5.41, 5.74) is 4.03. The number of hydrogen-bond acceptors (Lipinski definition) is 4. The molecule has 160 valence electrons. The molecule has 1 aliphatic heterocycles. The Morgan fingerprint density at radius 2 is 1.77 bits per heavy atom. The van der Waals surface area contributed by atoms with Crippen molar-refractivity contribution < 1.29 is 19.9 Å². The lowest BCUT2D eigenvalue weighted by molar-refractivity contribution is -0.731. The van der Waals surface area contributed by atoms with Crippen molar-refractivity contribution in [1.82, 2.24) is 5.32 Å². The molecular weight excluding hydrogens is 456 g/mol. The Hall–Kier alpha value is -2.96. The van der Waals surface area contributed by atoms with Gasteiger partial charge in [-0.3, -0.25) is 0 Å². The van der Waals surface area contributed by atoms with E-state index in [0.717, 1.165) is 32.6 Å². The van der Waals surface area contributed by atoms with Crippen LogP contribution < -0.4 is 20.1 Å². The number of methoxy groups -OCH3 is 1. The second-order valence-corrected chi connectivity index (χ2v) is 8.24. The molecule has 0 saturated heterocycles. The Labute approximate surface area is 190 Å². The molecule has 0 radical (unpaired) electrons. The van der Waals surface area contributed by atoms with Gasteiger partial charge in [0.2, 0.25) is 0 Å². The zero-order valence-corrected chi connectivity index (χ0v) is 19.1. The molecule has 5 nitrogen and oxygen atoms in total. The van der Waals surface area contributed by atoms with Crippen LogP contribution in [0.25, 0.3) is 5.70 Å². The summed E-state index contributed by atoms with van der Waals surface area (Å²) in [6, 6.07) is 21.8. The van der Waals surface area contributed by atoms with E-state index in [1.165, 1.54) is 0 Å². The number of para-hydroxylation sites is 1. The summed E-state index contributed by atoms with van der Waals surface area (Å²) < 4.78 is 12.0. The van der Waals surface area contributed by atoms with Crippen LogP contribution >= 0.6 is 15.9 Å². The fourth-order valence-electron chi connectivity index (χ4n) is 3.79. The molecule has 31 heavy (non-hydrogen) atoms. The maximum atomic E-state index is 10.9. The largest absolute Gasteiger partial charge is 0.504 e. The molecule has 2 unspecified atom stereocenters. The fourth-order valence-corrected chi connectivity index (χ4v) is 4.06. The average Bonchev–Trinajstić information content (AvgIpc) is 2.81. The number of nitrogens with two attached hydrogens (primary N) is 1. The van der Waals surface area contributed by atoms with Gasteiger partial charge in [0.05, 0.1) is 19.3 Å². The van der Waals surface area contributed by atoms with Gasteiger partial charge in [-0.2, -0.15) is 0 Å². The van der Waals surface area contributed by atoms with Crippen LogP contribution in [0, 0.1) is 0 Å². The number of phenolic OH excluding ortho intramolecular Hbond substituents is 1. The van der Waals surface area contributed by atoms with Gasteiger partial charge in [-0.15, -0.1) is 0 Å². The van der Waals surface area contributed by atoms with Gasteiger partial charge >= 0.3 is 0 Å². The lowest BCUT2D eigenvalue weighted by Crippen LogP contribution is -2.89. The molecule has 4 N–H and O–H groups in total. The molecule has 1 aliphatic rings. The molecular formula is C25H26BrN2O3+. The number of benzene rings is 3. The van der Waals surface area contributed by atoms with Crippen LogP contribution in [0.4, 0.5) is 0 Å². The minimum atomic E-state index is -0.0904. The van der Waals surface area contributed by atoms with E-state index in [4.69, 9.17) is 9.47 Å². The van der Waals surface area contributed by atoms with Crippen molar-refractivity contribution in [2.75, 3.05) is 13.7 Å². The van der Waals surface area contributed by atoms with Gasteiger partial charge in [0.15, 0.2) is 17.7 Å². The van der Waals surface area contributed by atoms with Crippen LogP contribution in [-0.2, 0) is 0 Å². The van der Waals surface area contributed by atoms with E-state index in [0.29, 0.717) is 12.4 Å². The lowest BCUT2D eigenvalue weighted by Gasteiger charge is -2.30. The third-order valence-electron chi connectivity index (χ3n) is 5.38. The standard InChI is InChI=1S/C25H25BrN2O3/c1-3-31-23-6-4-5-20(24(23)29)22-15-21(16-9-13-19(30-2)14-10-16)27-25(28-22)17-7-11-18(26)12-8-17/h4-15,22,25,27-29H,3H2,1-2H3/p+1. The van der Waals surface area contributed by atoms with Gasteiger partial charge in [-0.25, -0.2) is 0 Å². The average molecular weight is 482 g/mol. The van der Waals surface area contributed by atoms with Crippen LogP contribution in [0.3, 0.4) is 0 Å².